The van der Waals surface area contributed by atoms with Gasteiger partial charge in [0.25, 0.3) is 0 Å². The van der Waals surface area contributed by atoms with Crippen LogP contribution in [0.25, 0.3) is 0 Å². The standard InChI is InChI=1S/C16H28N2O2/c1-11-7-8-12(10-11)17-14(19)13-6-5-9-18(13)15(20)16(2,3)4/h11-13H,5-10H2,1-4H3,(H,17,19). The van der Waals surface area contributed by atoms with Gasteiger partial charge in [-0.05, 0) is 38.0 Å². The summed E-state index contributed by atoms with van der Waals surface area (Å²) in [6, 6.07) is 0.0577. The largest absolute Gasteiger partial charge is 0.352 e. The number of hydrogen-bond donors (Lipinski definition) is 1. The Morgan fingerprint density at radius 2 is 1.85 bits per heavy atom. The molecule has 1 heterocycles. The van der Waals surface area contributed by atoms with Gasteiger partial charge in [-0.2, -0.15) is 0 Å². The highest BCUT2D eigenvalue weighted by atomic mass is 16.2. The normalized spacial score (nSPS) is 30.6. The van der Waals surface area contributed by atoms with Crippen molar-refractivity contribution in [2.24, 2.45) is 11.3 Å². The molecule has 2 rings (SSSR count). The molecule has 2 amide bonds. The third kappa shape index (κ3) is 3.33. The van der Waals surface area contributed by atoms with Crippen LogP contribution in [0.2, 0.25) is 0 Å². The third-order valence-electron chi connectivity index (χ3n) is 4.50. The highest BCUT2D eigenvalue weighted by molar-refractivity contribution is 5.90. The number of carbonyl (C=O) groups is 2. The summed E-state index contributed by atoms with van der Waals surface area (Å²) < 4.78 is 0. The zero-order valence-corrected chi connectivity index (χ0v) is 13.2. The second kappa shape index (κ2) is 5.74. The van der Waals surface area contributed by atoms with E-state index in [4.69, 9.17) is 0 Å². The number of nitrogens with zero attached hydrogens (tertiary/aromatic N) is 1. The number of carbonyl (C=O) groups excluding carboxylic acids is 2. The molecule has 1 N–H and O–H groups in total. The first-order valence-electron chi connectivity index (χ1n) is 7.90. The number of amides is 2. The van der Waals surface area contributed by atoms with Gasteiger partial charge in [0.2, 0.25) is 11.8 Å². The molecule has 114 valence electrons. The average Bonchev–Trinajstić information content (AvgIpc) is 2.95. The molecule has 1 aliphatic heterocycles. The Balaban J connectivity index is 1.96. The smallest absolute Gasteiger partial charge is 0.243 e. The Kier molecular flexibility index (Phi) is 4.40. The van der Waals surface area contributed by atoms with Crippen molar-refractivity contribution in [2.75, 3.05) is 6.54 Å². The molecule has 2 fully saturated rings. The highest BCUT2D eigenvalue weighted by Crippen LogP contribution is 2.27. The quantitative estimate of drug-likeness (QED) is 0.844. The average molecular weight is 280 g/mol. The fraction of sp³-hybridized carbons (Fsp3) is 0.875. The Morgan fingerprint density at radius 1 is 1.15 bits per heavy atom. The summed E-state index contributed by atoms with van der Waals surface area (Å²) in [5, 5.41) is 3.15. The van der Waals surface area contributed by atoms with Crippen molar-refractivity contribution in [1.82, 2.24) is 10.2 Å². The summed E-state index contributed by atoms with van der Waals surface area (Å²) in [6.45, 7) is 8.70. The number of likely N-dealkylation sites (tertiary alicyclic amines) is 1. The summed E-state index contributed by atoms with van der Waals surface area (Å²) in [5.74, 6) is 0.852. The van der Waals surface area contributed by atoms with Crippen molar-refractivity contribution in [1.29, 1.82) is 0 Å². The van der Waals surface area contributed by atoms with Gasteiger partial charge in [0.05, 0.1) is 0 Å². The molecule has 1 aliphatic carbocycles. The van der Waals surface area contributed by atoms with Gasteiger partial charge in [0, 0.05) is 18.0 Å². The van der Waals surface area contributed by atoms with E-state index in [0.29, 0.717) is 12.0 Å². The number of rotatable bonds is 2. The number of hydrogen-bond acceptors (Lipinski definition) is 2. The maximum absolute atomic E-state index is 12.4. The van der Waals surface area contributed by atoms with Crippen molar-refractivity contribution in [2.45, 2.75) is 71.9 Å². The van der Waals surface area contributed by atoms with Crippen LogP contribution in [0.5, 0.6) is 0 Å². The Bertz CT molecular complexity index is 386. The van der Waals surface area contributed by atoms with Crippen molar-refractivity contribution >= 4 is 11.8 Å². The third-order valence-corrected chi connectivity index (χ3v) is 4.50. The molecule has 4 nitrogen and oxygen atoms in total. The first kappa shape index (κ1) is 15.3. The zero-order chi connectivity index (χ0) is 14.9. The number of nitrogens with one attached hydrogen (secondary N) is 1. The summed E-state index contributed by atoms with van der Waals surface area (Å²) in [6.07, 6.45) is 5.08. The molecule has 1 saturated carbocycles. The molecule has 3 unspecified atom stereocenters. The van der Waals surface area contributed by atoms with Gasteiger partial charge >= 0.3 is 0 Å². The van der Waals surface area contributed by atoms with Crippen LogP contribution >= 0.6 is 0 Å². The highest BCUT2D eigenvalue weighted by Gasteiger charge is 2.39. The Hall–Kier alpha value is -1.06. The van der Waals surface area contributed by atoms with Crippen molar-refractivity contribution in [3.63, 3.8) is 0 Å². The fourth-order valence-electron chi connectivity index (χ4n) is 3.35. The maximum atomic E-state index is 12.4. The SMILES string of the molecule is CC1CCC(NC(=O)C2CCCN2C(=O)C(C)(C)C)C1. The lowest BCUT2D eigenvalue weighted by Crippen LogP contribution is -2.51. The lowest BCUT2D eigenvalue weighted by atomic mass is 9.94. The van der Waals surface area contributed by atoms with Crippen LogP contribution in [0.3, 0.4) is 0 Å². The minimum absolute atomic E-state index is 0.0548. The second-order valence-corrected chi connectivity index (χ2v) is 7.53. The molecule has 1 saturated heterocycles. The van der Waals surface area contributed by atoms with Crippen LogP contribution in [0.15, 0.2) is 0 Å². The fourth-order valence-corrected chi connectivity index (χ4v) is 3.35. The van der Waals surface area contributed by atoms with E-state index in [9.17, 15) is 9.59 Å². The molecule has 0 radical (unpaired) electrons. The molecule has 0 aromatic carbocycles. The van der Waals surface area contributed by atoms with Crippen molar-refractivity contribution in [3.8, 4) is 0 Å². The molecule has 20 heavy (non-hydrogen) atoms. The molecule has 0 aromatic heterocycles. The van der Waals surface area contributed by atoms with E-state index in [2.05, 4.69) is 12.2 Å². The molecule has 4 heteroatoms. The Labute approximate surface area is 122 Å². The van der Waals surface area contributed by atoms with Crippen molar-refractivity contribution in [3.05, 3.63) is 0 Å². The van der Waals surface area contributed by atoms with Gasteiger partial charge < -0.3 is 10.2 Å². The van der Waals surface area contributed by atoms with Crippen LogP contribution < -0.4 is 5.32 Å². The van der Waals surface area contributed by atoms with Crippen LogP contribution in [-0.2, 0) is 9.59 Å². The molecule has 2 aliphatic rings. The van der Waals surface area contributed by atoms with Gasteiger partial charge in [-0.15, -0.1) is 0 Å². The minimum atomic E-state index is -0.412. The van der Waals surface area contributed by atoms with E-state index < -0.39 is 5.41 Å². The molecule has 0 aromatic rings. The van der Waals surface area contributed by atoms with Gasteiger partial charge in [-0.3, -0.25) is 9.59 Å². The topological polar surface area (TPSA) is 49.4 Å². The monoisotopic (exact) mass is 280 g/mol. The summed E-state index contributed by atoms with van der Waals surface area (Å²) in [4.78, 5) is 26.6. The van der Waals surface area contributed by atoms with E-state index in [1.807, 2.05) is 20.8 Å². The van der Waals surface area contributed by atoms with Crippen LogP contribution in [0.4, 0.5) is 0 Å². The lowest BCUT2D eigenvalue weighted by Gasteiger charge is -2.30. The second-order valence-electron chi connectivity index (χ2n) is 7.53. The summed E-state index contributed by atoms with van der Waals surface area (Å²) >= 11 is 0. The van der Waals surface area contributed by atoms with E-state index in [0.717, 1.165) is 32.2 Å². The minimum Gasteiger partial charge on any atom is -0.352 e. The van der Waals surface area contributed by atoms with Crippen LogP contribution in [0, 0.1) is 11.3 Å². The Morgan fingerprint density at radius 3 is 2.40 bits per heavy atom. The molecular formula is C16H28N2O2. The molecule has 0 bridgehead atoms. The molecular weight excluding hydrogens is 252 g/mol. The van der Waals surface area contributed by atoms with Gasteiger partial charge in [0.1, 0.15) is 6.04 Å². The van der Waals surface area contributed by atoms with E-state index in [1.54, 1.807) is 4.90 Å². The van der Waals surface area contributed by atoms with E-state index in [1.165, 1.54) is 6.42 Å². The first-order chi connectivity index (χ1) is 9.29. The zero-order valence-electron chi connectivity index (χ0n) is 13.2. The maximum Gasteiger partial charge on any atom is 0.243 e. The predicted molar refractivity (Wildman–Crippen MR) is 79.1 cm³/mol. The molecule has 3 atom stereocenters. The summed E-state index contributed by atoms with van der Waals surface area (Å²) in [7, 11) is 0. The van der Waals surface area contributed by atoms with E-state index >= 15 is 0 Å². The lowest BCUT2D eigenvalue weighted by molar-refractivity contribution is -0.144. The predicted octanol–water partition coefficient (Wildman–Crippen LogP) is 2.33. The van der Waals surface area contributed by atoms with E-state index in [-0.39, 0.29) is 17.9 Å². The van der Waals surface area contributed by atoms with Gasteiger partial charge in [0.15, 0.2) is 0 Å². The van der Waals surface area contributed by atoms with Gasteiger partial charge in [-0.25, -0.2) is 0 Å². The summed E-state index contributed by atoms with van der Waals surface area (Å²) in [5.41, 5.74) is -0.412. The van der Waals surface area contributed by atoms with Gasteiger partial charge in [-0.1, -0.05) is 27.7 Å². The van der Waals surface area contributed by atoms with Crippen LogP contribution in [-0.4, -0.2) is 35.3 Å². The van der Waals surface area contributed by atoms with Crippen LogP contribution in [0.1, 0.15) is 59.8 Å². The molecule has 0 spiro atoms. The first-order valence-corrected chi connectivity index (χ1v) is 7.90. The van der Waals surface area contributed by atoms with Crippen molar-refractivity contribution < 1.29 is 9.59 Å².